The maximum atomic E-state index is 13.8. The summed E-state index contributed by atoms with van der Waals surface area (Å²) in [6, 6.07) is 33.5. The molecule has 0 fully saturated rings. The van der Waals surface area contributed by atoms with E-state index in [0.717, 1.165) is 15.2 Å². The van der Waals surface area contributed by atoms with Crippen molar-refractivity contribution in [3.05, 3.63) is 143 Å². The predicted octanol–water partition coefficient (Wildman–Crippen LogP) is 5.08. The standard InChI is InChI=1S/C30H21N3O3/c34-27(21-20-22-12-4-1-5-13-22)32(29(35)24-16-8-3-9-17-24)33-28(23-14-6-2-7-15-23)31-26-19-11-10-18-25(26)30(33)36/h1-21H/b21-20+. The summed E-state index contributed by atoms with van der Waals surface area (Å²) in [6.45, 7) is 0. The Hall–Kier alpha value is -5.10. The van der Waals surface area contributed by atoms with Gasteiger partial charge in [0.05, 0.1) is 10.9 Å². The summed E-state index contributed by atoms with van der Waals surface area (Å²) in [5, 5.41) is 1.15. The molecule has 6 heteroatoms. The molecule has 5 aromatic rings. The van der Waals surface area contributed by atoms with Gasteiger partial charge >= 0.3 is 0 Å². The minimum atomic E-state index is -0.677. The normalized spacial score (nSPS) is 11.0. The van der Waals surface area contributed by atoms with Crippen LogP contribution >= 0.6 is 0 Å². The lowest BCUT2D eigenvalue weighted by Crippen LogP contribution is -2.50. The van der Waals surface area contributed by atoms with Crippen molar-refractivity contribution in [2.75, 3.05) is 5.01 Å². The van der Waals surface area contributed by atoms with Crippen molar-refractivity contribution in [1.29, 1.82) is 0 Å². The first-order valence-corrected chi connectivity index (χ1v) is 11.4. The molecule has 6 nitrogen and oxygen atoms in total. The number of para-hydroxylation sites is 1. The van der Waals surface area contributed by atoms with Crippen molar-refractivity contribution in [3.63, 3.8) is 0 Å². The number of rotatable bonds is 5. The summed E-state index contributed by atoms with van der Waals surface area (Å²) in [4.78, 5) is 45.9. The molecule has 0 aliphatic heterocycles. The van der Waals surface area contributed by atoms with Crippen molar-refractivity contribution in [3.8, 4) is 11.4 Å². The molecule has 1 aromatic heterocycles. The van der Waals surface area contributed by atoms with Gasteiger partial charge in [0.15, 0.2) is 5.82 Å². The van der Waals surface area contributed by atoms with Gasteiger partial charge in [0.2, 0.25) is 0 Å². The van der Waals surface area contributed by atoms with Gasteiger partial charge in [-0.05, 0) is 35.9 Å². The van der Waals surface area contributed by atoms with Crippen LogP contribution in [0, 0.1) is 0 Å². The van der Waals surface area contributed by atoms with Gasteiger partial charge in [0.25, 0.3) is 17.4 Å². The van der Waals surface area contributed by atoms with Gasteiger partial charge in [-0.3, -0.25) is 14.4 Å². The molecule has 0 saturated heterocycles. The molecule has 0 N–H and O–H groups in total. The Bertz CT molecular complexity index is 1630. The summed E-state index contributed by atoms with van der Waals surface area (Å²) in [5.41, 5.74) is 1.58. The van der Waals surface area contributed by atoms with Crippen molar-refractivity contribution in [1.82, 2.24) is 9.66 Å². The summed E-state index contributed by atoms with van der Waals surface area (Å²) >= 11 is 0. The minimum Gasteiger partial charge on any atom is -0.267 e. The van der Waals surface area contributed by atoms with Crippen molar-refractivity contribution in [2.45, 2.75) is 0 Å². The molecule has 4 aromatic carbocycles. The van der Waals surface area contributed by atoms with Crippen LogP contribution in [0.2, 0.25) is 0 Å². The van der Waals surface area contributed by atoms with Crippen molar-refractivity contribution < 1.29 is 9.59 Å². The zero-order valence-corrected chi connectivity index (χ0v) is 19.2. The molecule has 0 saturated carbocycles. The second-order valence-corrected chi connectivity index (χ2v) is 8.00. The molecule has 0 spiro atoms. The first kappa shape index (κ1) is 22.7. The number of carbonyl (C=O) groups excluding carboxylic acids is 2. The Morgan fingerprint density at radius 2 is 1.31 bits per heavy atom. The molecule has 0 unspecified atom stereocenters. The van der Waals surface area contributed by atoms with E-state index < -0.39 is 17.4 Å². The summed E-state index contributed by atoms with van der Waals surface area (Å²) < 4.78 is 1.07. The number of hydrogen-bond donors (Lipinski definition) is 0. The molecule has 36 heavy (non-hydrogen) atoms. The molecule has 0 radical (unpaired) electrons. The highest BCUT2D eigenvalue weighted by molar-refractivity contribution is 6.20. The van der Waals surface area contributed by atoms with E-state index in [2.05, 4.69) is 0 Å². The monoisotopic (exact) mass is 471 g/mol. The first-order chi connectivity index (χ1) is 17.6. The Morgan fingerprint density at radius 1 is 0.722 bits per heavy atom. The van der Waals surface area contributed by atoms with Crippen LogP contribution in [0.1, 0.15) is 15.9 Å². The van der Waals surface area contributed by atoms with Crippen LogP contribution in [0.15, 0.2) is 126 Å². The number of imide groups is 1. The first-order valence-electron chi connectivity index (χ1n) is 11.4. The predicted molar refractivity (Wildman–Crippen MR) is 141 cm³/mol. The van der Waals surface area contributed by atoms with Gasteiger partial charge in [-0.2, -0.15) is 9.69 Å². The molecule has 5 rings (SSSR count). The molecule has 2 amide bonds. The second kappa shape index (κ2) is 10.0. The molecule has 0 aliphatic carbocycles. The van der Waals surface area contributed by atoms with E-state index >= 15 is 0 Å². The highest BCUT2D eigenvalue weighted by Crippen LogP contribution is 2.20. The number of nitrogens with zero attached hydrogens (tertiary/aromatic N) is 3. The smallest absolute Gasteiger partial charge is 0.267 e. The van der Waals surface area contributed by atoms with Crippen LogP contribution in [0.4, 0.5) is 0 Å². The Balaban J connectivity index is 1.75. The Morgan fingerprint density at radius 3 is 2.00 bits per heavy atom. The highest BCUT2D eigenvalue weighted by Gasteiger charge is 2.28. The number of benzene rings is 4. The minimum absolute atomic E-state index is 0.185. The number of carbonyl (C=O) groups is 2. The summed E-state index contributed by atoms with van der Waals surface area (Å²) in [5.74, 6) is -1.14. The number of fused-ring (bicyclic) bond motifs is 1. The molecule has 0 bridgehead atoms. The van der Waals surface area contributed by atoms with Crippen LogP contribution in [-0.2, 0) is 4.79 Å². The third-order valence-electron chi connectivity index (χ3n) is 5.63. The molecular formula is C30H21N3O3. The van der Waals surface area contributed by atoms with Gasteiger partial charge in [-0.1, -0.05) is 91.0 Å². The molecule has 1 heterocycles. The van der Waals surface area contributed by atoms with Crippen molar-refractivity contribution in [2.24, 2.45) is 0 Å². The number of amides is 2. The van der Waals surface area contributed by atoms with E-state index in [-0.39, 0.29) is 11.4 Å². The van der Waals surface area contributed by atoms with E-state index in [0.29, 0.717) is 16.5 Å². The molecular weight excluding hydrogens is 450 g/mol. The number of aromatic nitrogens is 2. The fraction of sp³-hybridized carbons (Fsp3) is 0. The molecule has 0 atom stereocenters. The lowest BCUT2D eigenvalue weighted by molar-refractivity contribution is -0.114. The van der Waals surface area contributed by atoms with Crippen LogP contribution in [0.3, 0.4) is 0 Å². The van der Waals surface area contributed by atoms with E-state index in [1.165, 1.54) is 6.08 Å². The summed E-state index contributed by atoms with van der Waals surface area (Å²) in [7, 11) is 0. The fourth-order valence-corrected chi connectivity index (χ4v) is 3.88. The van der Waals surface area contributed by atoms with Crippen molar-refractivity contribution >= 4 is 28.8 Å². The van der Waals surface area contributed by atoms with Gasteiger partial charge in [0.1, 0.15) is 0 Å². The SMILES string of the molecule is O=C(/C=C/c1ccccc1)N(C(=O)c1ccccc1)n1c(-c2ccccc2)nc2ccccc2c1=O. The lowest BCUT2D eigenvalue weighted by Gasteiger charge is -2.24. The third kappa shape index (κ3) is 4.48. The highest BCUT2D eigenvalue weighted by atomic mass is 16.2. The Kier molecular flexibility index (Phi) is 6.32. The van der Waals surface area contributed by atoms with E-state index in [1.54, 1.807) is 72.8 Å². The van der Waals surface area contributed by atoms with E-state index in [9.17, 15) is 14.4 Å². The van der Waals surface area contributed by atoms with Crippen LogP contribution in [-0.4, -0.2) is 21.5 Å². The largest absolute Gasteiger partial charge is 0.281 e. The Labute approximate surface area is 207 Å². The maximum Gasteiger partial charge on any atom is 0.281 e. The number of hydrogen-bond acceptors (Lipinski definition) is 4. The van der Waals surface area contributed by atoms with E-state index in [4.69, 9.17) is 4.98 Å². The molecule has 0 aliphatic rings. The average Bonchev–Trinajstić information content (AvgIpc) is 2.94. The van der Waals surface area contributed by atoms with Crippen LogP contribution < -0.4 is 10.6 Å². The third-order valence-corrected chi connectivity index (χ3v) is 5.63. The van der Waals surface area contributed by atoms with Gasteiger partial charge < -0.3 is 0 Å². The topological polar surface area (TPSA) is 72.3 Å². The van der Waals surface area contributed by atoms with Gasteiger partial charge in [-0.25, -0.2) is 4.98 Å². The molecule has 174 valence electrons. The van der Waals surface area contributed by atoms with E-state index in [1.807, 2.05) is 48.5 Å². The maximum absolute atomic E-state index is 13.8. The van der Waals surface area contributed by atoms with Crippen LogP contribution in [0.25, 0.3) is 28.4 Å². The zero-order valence-electron chi connectivity index (χ0n) is 19.2. The van der Waals surface area contributed by atoms with Crippen LogP contribution in [0.5, 0.6) is 0 Å². The van der Waals surface area contributed by atoms with Gasteiger partial charge in [0, 0.05) is 17.2 Å². The van der Waals surface area contributed by atoms with Gasteiger partial charge in [-0.15, -0.1) is 0 Å². The lowest BCUT2D eigenvalue weighted by atomic mass is 10.1. The fourth-order valence-electron chi connectivity index (χ4n) is 3.88. The summed E-state index contributed by atoms with van der Waals surface area (Å²) in [6.07, 6.45) is 2.89. The second-order valence-electron chi connectivity index (χ2n) is 8.00. The quantitative estimate of drug-likeness (QED) is 0.335. The zero-order chi connectivity index (χ0) is 24.9. The average molecular weight is 472 g/mol.